The van der Waals surface area contributed by atoms with E-state index in [9.17, 15) is 9.59 Å². The number of nitrogens with one attached hydrogen (secondary N) is 4. The quantitative estimate of drug-likeness (QED) is 0.507. The van der Waals surface area contributed by atoms with Crippen molar-refractivity contribution < 1.29 is 9.59 Å². The van der Waals surface area contributed by atoms with Gasteiger partial charge in [0, 0.05) is 36.1 Å². The Bertz CT molecular complexity index is 852. The Labute approximate surface area is 144 Å². The zero-order valence-corrected chi connectivity index (χ0v) is 13.7. The summed E-state index contributed by atoms with van der Waals surface area (Å²) >= 11 is 0. The fraction of sp³-hybridized carbons (Fsp3) is 0.176. The van der Waals surface area contributed by atoms with E-state index >= 15 is 0 Å². The lowest BCUT2D eigenvalue weighted by molar-refractivity contribution is 0.0925. The molecule has 25 heavy (non-hydrogen) atoms. The summed E-state index contributed by atoms with van der Waals surface area (Å²) in [5.41, 5.74) is 3.65. The van der Waals surface area contributed by atoms with Crippen molar-refractivity contribution in [1.29, 1.82) is 0 Å². The van der Waals surface area contributed by atoms with Gasteiger partial charge in [-0.25, -0.2) is 0 Å². The zero-order chi connectivity index (χ0) is 17.6. The van der Waals surface area contributed by atoms with Crippen LogP contribution in [-0.4, -0.2) is 45.3 Å². The number of benzene rings is 1. The van der Waals surface area contributed by atoms with Crippen LogP contribution >= 0.6 is 0 Å². The van der Waals surface area contributed by atoms with Crippen LogP contribution in [-0.2, 0) is 0 Å². The van der Waals surface area contributed by atoms with Crippen molar-refractivity contribution in [2.75, 3.05) is 13.1 Å². The molecule has 0 radical (unpaired) electrons. The largest absolute Gasteiger partial charge is 0.350 e. The highest BCUT2D eigenvalue weighted by Gasteiger charge is 2.09. The van der Waals surface area contributed by atoms with E-state index in [0.29, 0.717) is 24.3 Å². The molecule has 0 saturated heterocycles. The summed E-state index contributed by atoms with van der Waals surface area (Å²) in [6.45, 7) is 2.48. The predicted molar refractivity (Wildman–Crippen MR) is 92.0 cm³/mol. The van der Waals surface area contributed by atoms with Crippen LogP contribution in [0.3, 0.4) is 0 Å². The lowest BCUT2D eigenvalue weighted by Crippen LogP contribution is -2.34. The molecule has 0 saturated carbocycles. The molecule has 2 amide bonds. The molecular weight excluding hydrogens is 320 g/mol. The molecule has 0 unspecified atom stereocenters. The van der Waals surface area contributed by atoms with E-state index in [4.69, 9.17) is 0 Å². The molecule has 2 aromatic heterocycles. The molecule has 0 aliphatic heterocycles. The number of hydrogen-bond donors (Lipinski definition) is 4. The summed E-state index contributed by atoms with van der Waals surface area (Å²) in [7, 11) is 0. The maximum Gasteiger partial charge on any atom is 0.271 e. The fourth-order valence-corrected chi connectivity index (χ4v) is 2.30. The first-order valence-electron chi connectivity index (χ1n) is 7.81. The van der Waals surface area contributed by atoms with Gasteiger partial charge in [-0.2, -0.15) is 10.2 Å². The number of aromatic nitrogens is 4. The average Bonchev–Trinajstić information content (AvgIpc) is 3.30. The van der Waals surface area contributed by atoms with Gasteiger partial charge in [0.2, 0.25) is 0 Å². The summed E-state index contributed by atoms with van der Waals surface area (Å²) in [4.78, 5) is 23.9. The van der Waals surface area contributed by atoms with Gasteiger partial charge in [0.1, 0.15) is 5.69 Å². The first kappa shape index (κ1) is 16.4. The second-order valence-corrected chi connectivity index (χ2v) is 5.51. The Balaban J connectivity index is 1.45. The van der Waals surface area contributed by atoms with Gasteiger partial charge in [0.05, 0.1) is 6.20 Å². The molecule has 0 aliphatic carbocycles. The lowest BCUT2D eigenvalue weighted by Gasteiger charge is -2.07. The molecule has 0 fully saturated rings. The maximum absolute atomic E-state index is 12.1. The molecule has 128 valence electrons. The molecule has 3 rings (SSSR count). The molecule has 0 aliphatic rings. The van der Waals surface area contributed by atoms with Crippen molar-refractivity contribution in [1.82, 2.24) is 31.0 Å². The third-order valence-electron chi connectivity index (χ3n) is 3.61. The molecule has 4 N–H and O–H groups in total. The van der Waals surface area contributed by atoms with E-state index in [1.165, 1.54) is 0 Å². The fourth-order valence-electron chi connectivity index (χ4n) is 2.30. The van der Waals surface area contributed by atoms with Gasteiger partial charge in [0.25, 0.3) is 11.8 Å². The van der Waals surface area contributed by atoms with Crippen LogP contribution in [0, 0.1) is 6.92 Å². The summed E-state index contributed by atoms with van der Waals surface area (Å²) in [5, 5.41) is 18.7. The van der Waals surface area contributed by atoms with Crippen molar-refractivity contribution >= 4 is 11.8 Å². The van der Waals surface area contributed by atoms with Crippen molar-refractivity contribution in [2.24, 2.45) is 0 Å². The van der Waals surface area contributed by atoms with Crippen LogP contribution in [0.2, 0.25) is 0 Å². The zero-order valence-electron chi connectivity index (χ0n) is 13.7. The number of H-pyrrole nitrogens is 2. The number of carbonyl (C=O) groups excluding carboxylic acids is 2. The molecular formula is C17H18N6O2. The predicted octanol–water partition coefficient (Wildman–Crippen LogP) is 1.27. The summed E-state index contributed by atoms with van der Waals surface area (Å²) in [5.74, 6) is -0.466. The second-order valence-electron chi connectivity index (χ2n) is 5.51. The van der Waals surface area contributed by atoms with Gasteiger partial charge in [-0.1, -0.05) is 12.1 Å². The molecule has 0 atom stereocenters. The smallest absolute Gasteiger partial charge is 0.271 e. The van der Waals surface area contributed by atoms with Crippen molar-refractivity contribution in [3.05, 3.63) is 59.7 Å². The first-order chi connectivity index (χ1) is 12.1. The van der Waals surface area contributed by atoms with Gasteiger partial charge in [-0.3, -0.25) is 19.8 Å². The highest BCUT2D eigenvalue weighted by molar-refractivity contribution is 5.95. The van der Waals surface area contributed by atoms with E-state index in [1.807, 2.05) is 19.1 Å². The van der Waals surface area contributed by atoms with E-state index in [1.54, 1.807) is 30.6 Å². The molecule has 1 aromatic carbocycles. The van der Waals surface area contributed by atoms with Crippen LogP contribution in [0.1, 0.15) is 26.5 Å². The van der Waals surface area contributed by atoms with Crippen LogP contribution < -0.4 is 10.6 Å². The van der Waals surface area contributed by atoms with E-state index in [-0.39, 0.29) is 11.8 Å². The third kappa shape index (κ3) is 4.11. The highest BCUT2D eigenvalue weighted by Crippen LogP contribution is 2.17. The number of aryl methyl sites for hydroxylation is 1. The van der Waals surface area contributed by atoms with E-state index in [0.717, 1.165) is 16.8 Å². The standard InChI is InChI=1S/C17H18N6O2/c1-11-8-15(23-22-11)17(25)19-7-6-18-16(24)13-4-2-12(3-5-13)14-9-20-21-10-14/h2-5,8-10H,6-7H2,1H3,(H,18,24)(H,19,25)(H,20,21)(H,22,23). The second kappa shape index (κ2) is 7.43. The first-order valence-corrected chi connectivity index (χ1v) is 7.81. The average molecular weight is 338 g/mol. The summed E-state index contributed by atoms with van der Waals surface area (Å²) < 4.78 is 0. The molecule has 2 heterocycles. The van der Waals surface area contributed by atoms with Gasteiger partial charge in [0.15, 0.2) is 0 Å². The third-order valence-corrected chi connectivity index (χ3v) is 3.61. The maximum atomic E-state index is 12.1. The number of amides is 2. The lowest BCUT2D eigenvalue weighted by atomic mass is 10.1. The van der Waals surface area contributed by atoms with Gasteiger partial charge in [-0.15, -0.1) is 0 Å². The Hall–Kier alpha value is -3.42. The van der Waals surface area contributed by atoms with Crippen LogP contribution in [0.5, 0.6) is 0 Å². The Morgan fingerprint density at radius 1 is 1.04 bits per heavy atom. The molecule has 3 aromatic rings. The number of carbonyl (C=O) groups is 2. The van der Waals surface area contributed by atoms with Gasteiger partial charge < -0.3 is 10.6 Å². The van der Waals surface area contributed by atoms with Crippen molar-refractivity contribution in [3.8, 4) is 11.1 Å². The number of nitrogens with zero attached hydrogens (tertiary/aromatic N) is 2. The minimum atomic E-state index is -0.275. The summed E-state index contributed by atoms with van der Waals surface area (Å²) in [6.07, 6.45) is 3.51. The molecule has 0 spiro atoms. The topological polar surface area (TPSA) is 116 Å². The van der Waals surface area contributed by atoms with E-state index < -0.39 is 0 Å². The van der Waals surface area contributed by atoms with E-state index in [2.05, 4.69) is 31.0 Å². The summed E-state index contributed by atoms with van der Waals surface area (Å²) in [6, 6.07) is 8.89. The molecule has 0 bridgehead atoms. The number of hydrogen-bond acceptors (Lipinski definition) is 4. The van der Waals surface area contributed by atoms with Crippen molar-refractivity contribution in [2.45, 2.75) is 6.92 Å². The minimum absolute atomic E-state index is 0.191. The number of aromatic amines is 2. The molecule has 8 heteroatoms. The van der Waals surface area contributed by atoms with Crippen LogP contribution in [0.25, 0.3) is 11.1 Å². The van der Waals surface area contributed by atoms with Gasteiger partial charge >= 0.3 is 0 Å². The Morgan fingerprint density at radius 3 is 2.36 bits per heavy atom. The Kier molecular flexibility index (Phi) is 4.89. The van der Waals surface area contributed by atoms with Gasteiger partial charge in [-0.05, 0) is 30.7 Å². The van der Waals surface area contributed by atoms with Crippen LogP contribution in [0.15, 0.2) is 42.7 Å². The Morgan fingerprint density at radius 2 is 1.76 bits per heavy atom. The highest BCUT2D eigenvalue weighted by atomic mass is 16.2. The minimum Gasteiger partial charge on any atom is -0.350 e. The number of rotatable bonds is 6. The monoisotopic (exact) mass is 338 g/mol. The van der Waals surface area contributed by atoms with Crippen molar-refractivity contribution in [3.63, 3.8) is 0 Å². The van der Waals surface area contributed by atoms with Crippen LogP contribution in [0.4, 0.5) is 0 Å². The SMILES string of the molecule is Cc1cc(C(=O)NCCNC(=O)c2ccc(-c3cn[nH]c3)cc2)n[nH]1. The normalized spacial score (nSPS) is 10.4. The molecule has 8 nitrogen and oxygen atoms in total.